The predicted octanol–water partition coefficient (Wildman–Crippen LogP) is 7.56. The fourth-order valence-electron chi connectivity index (χ4n) is 4.32. The Kier molecular flexibility index (Phi) is 9.60. The van der Waals surface area contributed by atoms with Crippen LogP contribution in [0.3, 0.4) is 0 Å². The Hall–Kier alpha value is -4.80. The molecule has 5 aromatic rings. The zero-order chi connectivity index (χ0) is 30.2. The van der Waals surface area contributed by atoms with Crippen molar-refractivity contribution in [2.45, 2.75) is 10.1 Å². The number of ether oxygens (including phenoxy) is 3. The molecule has 10 heteroatoms. The highest BCUT2D eigenvalue weighted by atomic mass is 32.2. The second kappa shape index (κ2) is 13.9. The molecule has 4 aromatic carbocycles. The summed E-state index contributed by atoms with van der Waals surface area (Å²) in [7, 11) is 4.69. The SMILES string of the molecule is COc1ccc(C(=O)Nc2ccc(SC(C(=O)Nc3nc(-c4ccccc4OC)cs3)c3ccccc3)cc2)cc1OC. The van der Waals surface area contributed by atoms with E-state index < -0.39 is 5.25 Å². The van der Waals surface area contributed by atoms with E-state index in [2.05, 4.69) is 15.6 Å². The smallest absolute Gasteiger partial charge is 0.255 e. The minimum atomic E-state index is -0.535. The van der Waals surface area contributed by atoms with Crippen LogP contribution in [0, 0.1) is 0 Å². The second-order valence-corrected chi connectivity index (χ2v) is 11.2. The van der Waals surface area contributed by atoms with E-state index >= 15 is 0 Å². The van der Waals surface area contributed by atoms with Crippen molar-refractivity contribution in [3.63, 3.8) is 0 Å². The molecule has 0 aliphatic carbocycles. The third kappa shape index (κ3) is 7.17. The maximum absolute atomic E-state index is 13.6. The van der Waals surface area contributed by atoms with Crippen LogP contribution in [0.15, 0.2) is 107 Å². The van der Waals surface area contributed by atoms with Crippen LogP contribution in [0.4, 0.5) is 10.8 Å². The quantitative estimate of drug-likeness (QED) is 0.149. The maximum Gasteiger partial charge on any atom is 0.255 e. The first-order valence-corrected chi connectivity index (χ1v) is 15.0. The summed E-state index contributed by atoms with van der Waals surface area (Å²) in [5, 5.41) is 7.75. The largest absolute Gasteiger partial charge is 0.496 e. The molecule has 0 aliphatic heterocycles. The van der Waals surface area contributed by atoms with Crippen molar-refractivity contribution in [3.05, 3.63) is 114 Å². The molecular weight excluding hydrogens is 583 g/mol. The van der Waals surface area contributed by atoms with Crippen LogP contribution in [0.25, 0.3) is 11.3 Å². The Morgan fingerprint density at radius 2 is 1.47 bits per heavy atom. The van der Waals surface area contributed by atoms with Crippen molar-refractivity contribution in [1.82, 2.24) is 4.98 Å². The van der Waals surface area contributed by atoms with Crippen LogP contribution in [-0.4, -0.2) is 38.1 Å². The molecule has 1 unspecified atom stereocenters. The van der Waals surface area contributed by atoms with Crippen LogP contribution in [-0.2, 0) is 4.79 Å². The van der Waals surface area contributed by atoms with Gasteiger partial charge in [0.15, 0.2) is 16.6 Å². The van der Waals surface area contributed by atoms with Crippen LogP contribution in [0.1, 0.15) is 21.2 Å². The number of amides is 2. The number of carbonyl (C=O) groups excluding carboxylic acids is 2. The summed E-state index contributed by atoms with van der Waals surface area (Å²) in [4.78, 5) is 31.9. The van der Waals surface area contributed by atoms with Gasteiger partial charge in [0.25, 0.3) is 5.91 Å². The maximum atomic E-state index is 13.6. The van der Waals surface area contributed by atoms with Crippen molar-refractivity contribution in [3.8, 4) is 28.5 Å². The first-order chi connectivity index (χ1) is 21.0. The molecule has 0 aliphatic rings. The highest BCUT2D eigenvalue weighted by Crippen LogP contribution is 2.38. The summed E-state index contributed by atoms with van der Waals surface area (Å²) in [6.07, 6.45) is 0. The first kappa shape index (κ1) is 29.7. The lowest BCUT2D eigenvalue weighted by molar-refractivity contribution is -0.115. The summed E-state index contributed by atoms with van der Waals surface area (Å²) >= 11 is 2.77. The highest BCUT2D eigenvalue weighted by Gasteiger charge is 2.23. The Morgan fingerprint density at radius 3 is 2.19 bits per heavy atom. The van der Waals surface area contributed by atoms with E-state index in [4.69, 9.17) is 14.2 Å². The van der Waals surface area contributed by atoms with Gasteiger partial charge in [0.05, 0.1) is 27.0 Å². The van der Waals surface area contributed by atoms with Gasteiger partial charge in [-0.25, -0.2) is 4.98 Å². The highest BCUT2D eigenvalue weighted by molar-refractivity contribution is 8.00. The lowest BCUT2D eigenvalue weighted by Gasteiger charge is -2.16. The minimum absolute atomic E-state index is 0.192. The molecule has 2 N–H and O–H groups in total. The molecule has 0 spiro atoms. The van der Waals surface area contributed by atoms with Crippen molar-refractivity contribution < 1.29 is 23.8 Å². The Morgan fingerprint density at radius 1 is 0.767 bits per heavy atom. The average Bonchev–Trinajstić information content (AvgIpc) is 3.52. The number of para-hydroxylation sites is 1. The molecule has 2 amide bonds. The van der Waals surface area contributed by atoms with Gasteiger partial charge in [-0.1, -0.05) is 42.5 Å². The van der Waals surface area contributed by atoms with Crippen LogP contribution in [0.5, 0.6) is 17.2 Å². The Bertz CT molecular complexity index is 1710. The van der Waals surface area contributed by atoms with Gasteiger partial charge in [-0.3, -0.25) is 9.59 Å². The molecule has 0 saturated carbocycles. The number of nitrogens with one attached hydrogen (secondary N) is 2. The summed E-state index contributed by atoms with van der Waals surface area (Å²) < 4.78 is 16.0. The van der Waals surface area contributed by atoms with Gasteiger partial charge in [0.2, 0.25) is 5.91 Å². The molecule has 0 bridgehead atoms. The van der Waals surface area contributed by atoms with E-state index in [1.165, 1.54) is 30.2 Å². The average molecular weight is 612 g/mol. The fourth-order valence-corrected chi connectivity index (χ4v) is 6.05. The fraction of sp³-hybridized carbons (Fsp3) is 0.121. The summed E-state index contributed by atoms with van der Waals surface area (Å²) in [6, 6.07) is 29.6. The predicted molar refractivity (Wildman–Crippen MR) is 172 cm³/mol. The molecular formula is C33H29N3O5S2. The monoisotopic (exact) mass is 611 g/mol. The van der Waals surface area contributed by atoms with E-state index in [1.807, 2.05) is 72.1 Å². The van der Waals surface area contributed by atoms with E-state index in [-0.39, 0.29) is 11.8 Å². The van der Waals surface area contributed by atoms with Crippen molar-refractivity contribution in [2.24, 2.45) is 0 Å². The van der Waals surface area contributed by atoms with Crippen LogP contribution < -0.4 is 24.8 Å². The normalized spacial score (nSPS) is 11.3. The summed E-state index contributed by atoms with van der Waals surface area (Å²) in [5.41, 5.74) is 3.50. The Labute approximate surface area is 258 Å². The number of rotatable bonds is 11. The number of thioether (sulfide) groups is 1. The number of hydrogen-bond acceptors (Lipinski definition) is 8. The molecule has 0 saturated heterocycles. The van der Waals surface area contributed by atoms with Crippen molar-refractivity contribution in [1.29, 1.82) is 0 Å². The molecule has 218 valence electrons. The lowest BCUT2D eigenvalue weighted by Crippen LogP contribution is -2.19. The minimum Gasteiger partial charge on any atom is -0.496 e. The number of methoxy groups -OCH3 is 3. The molecule has 1 heterocycles. The van der Waals surface area contributed by atoms with Crippen LogP contribution in [0.2, 0.25) is 0 Å². The van der Waals surface area contributed by atoms with Gasteiger partial charge in [-0.05, 0) is 60.2 Å². The number of nitrogens with zero attached hydrogens (tertiary/aromatic N) is 1. The van der Waals surface area contributed by atoms with Crippen molar-refractivity contribution >= 4 is 45.7 Å². The van der Waals surface area contributed by atoms with Gasteiger partial charge in [0, 0.05) is 27.1 Å². The second-order valence-electron chi connectivity index (χ2n) is 9.18. The number of thiazole rings is 1. The molecule has 0 fully saturated rings. The number of hydrogen-bond donors (Lipinski definition) is 2. The lowest BCUT2D eigenvalue weighted by atomic mass is 10.1. The number of benzene rings is 4. The van der Waals surface area contributed by atoms with E-state index in [1.54, 1.807) is 44.6 Å². The first-order valence-electron chi connectivity index (χ1n) is 13.2. The number of anilines is 2. The van der Waals surface area contributed by atoms with Gasteiger partial charge in [-0.15, -0.1) is 23.1 Å². The van der Waals surface area contributed by atoms with Gasteiger partial charge < -0.3 is 24.8 Å². The number of aromatic nitrogens is 1. The van der Waals surface area contributed by atoms with Crippen molar-refractivity contribution in [2.75, 3.05) is 32.0 Å². The van der Waals surface area contributed by atoms with E-state index in [0.29, 0.717) is 33.6 Å². The topological polar surface area (TPSA) is 98.8 Å². The third-order valence-corrected chi connectivity index (χ3v) is 8.49. The molecule has 43 heavy (non-hydrogen) atoms. The Balaban J connectivity index is 1.29. The van der Waals surface area contributed by atoms with Gasteiger partial charge in [0.1, 0.15) is 11.0 Å². The standard InChI is InChI=1S/C33H29N3O5S2/c1-39-27-12-8-7-11-25(27)26-20-42-33(35-26)36-32(38)30(21-9-5-4-6-10-21)43-24-16-14-23(15-17-24)34-31(37)22-13-18-28(40-2)29(19-22)41-3/h4-20,30H,1-3H3,(H,34,37)(H,35,36,38). The number of carbonyl (C=O) groups is 2. The zero-order valence-corrected chi connectivity index (χ0v) is 25.3. The van der Waals surface area contributed by atoms with Crippen LogP contribution >= 0.6 is 23.1 Å². The molecule has 8 nitrogen and oxygen atoms in total. The summed E-state index contributed by atoms with van der Waals surface area (Å²) in [5.74, 6) is 1.26. The van der Waals surface area contributed by atoms with Gasteiger partial charge >= 0.3 is 0 Å². The van der Waals surface area contributed by atoms with Gasteiger partial charge in [-0.2, -0.15) is 0 Å². The summed E-state index contributed by atoms with van der Waals surface area (Å²) in [6.45, 7) is 0. The molecule has 1 atom stereocenters. The van der Waals surface area contributed by atoms with E-state index in [0.717, 1.165) is 21.7 Å². The molecule has 5 rings (SSSR count). The third-order valence-electron chi connectivity index (χ3n) is 6.47. The zero-order valence-electron chi connectivity index (χ0n) is 23.7. The molecule has 1 aromatic heterocycles. The van der Waals surface area contributed by atoms with E-state index in [9.17, 15) is 9.59 Å². The molecule has 0 radical (unpaired) electrons.